The summed E-state index contributed by atoms with van der Waals surface area (Å²) in [4.78, 5) is 38.3. The Morgan fingerprint density at radius 3 is 0.800 bits per heavy atom. The smallest absolute Gasteiger partial charge is 0.306 e. The summed E-state index contributed by atoms with van der Waals surface area (Å²) >= 11 is 0. The van der Waals surface area contributed by atoms with E-state index >= 15 is 0 Å². The molecule has 452 valence electrons. The minimum absolute atomic E-state index is 0.106. The van der Waals surface area contributed by atoms with E-state index in [1.807, 2.05) is 0 Å². The number of ether oxygens (including phenoxy) is 3. The van der Waals surface area contributed by atoms with Crippen LogP contribution in [-0.2, 0) is 28.6 Å². The average Bonchev–Trinajstić information content (AvgIpc) is 3.46. The van der Waals surface area contributed by atoms with Crippen LogP contribution in [0.1, 0.15) is 284 Å². The van der Waals surface area contributed by atoms with Crippen molar-refractivity contribution in [2.75, 3.05) is 13.2 Å². The van der Waals surface area contributed by atoms with Gasteiger partial charge in [0.25, 0.3) is 0 Å². The fourth-order valence-corrected chi connectivity index (χ4v) is 8.64. The van der Waals surface area contributed by atoms with Crippen LogP contribution in [0.5, 0.6) is 0 Å². The maximum Gasteiger partial charge on any atom is 0.306 e. The average molecular weight is 1110 g/mol. The molecule has 0 bridgehead atoms. The van der Waals surface area contributed by atoms with Gasteiger partial charge in [0.1, 0.15) is 13.2 Å². The van der Waals surface area contributed by atoms with Crippen molar-refractivity contribution in [3.05, 3.63) is 146 Å². The third-order valence-electron chi connectivity index (χ3n) is 13.5. The standard InChI is InChI=1S/C74H120O6/c1-4-7-10-13-16-19-22-25-28-30-32-34-35-36-37-38-39-41-42-44-46-49-52-55-58-61-64-67-73(76)79-70-71(69-78-72(75)66-63-60-57-54-51-48-27-24-21-18-15-12-9-6-3)80-74(77)68-65-62-59-56-53-50-47-45-43-40-33-31-29-26-23-20-17-14-11-8-5-2/h7,10,16,19,23-28,31-34,36-37,39,41,43-46,52,55,71H,4-6,8-9,11-15,17-18,20-22,29-30,35,38,40,42,47-51,53-54,56-70H2,1-3H3/b10-7-,19-16-,26-23-,27-24-,28-25-,33-31-,34-32-,37-36-,41-39-,45-43-,46-44-,55-52-. The fraction of sp³-hybridized carbons (Fsp3) is 0.635. The van der Waals surface area contributed by atoms with Gasteiger partial charge in [-0.15, -0.1) is 0 Å². The van der Waals surface area contributed by atoms with Gasteiger partial charge in [0.05, 0.1) is 0 Å². The molecule has 0 aliphatic carbocycles. The van der Waals surface area contributed by atoms with E-state index < -0.39 is 6.10 Å². The van der Waals surface area contributed by atoms with Crippen molar-refractivity contribution in [2.45, 2.75) is 290 Å². The fourth-order valence-electron chi connectivity index (χ4n) is 8.64. The molecule has 1 unspecified atom stereocenters. The van der Waals surface area contributed by atoms with Gasteiger partial charge in [0, 0.05) is 19.3 Å². The van der Waals surface area contributed by atoms with Gasteiger partial charge in [-0.05, 0) is 148 Å². The van der Waals surface area contributed by atoms with E-state index in [1.54, 1.807) is 0 Å². The monoisotopic (exact) mass is 1100 g/mol. The Kier molecular flexibility index (Phi) is 62.9. The Hall–Kier alpha value is -4.71. The van der Waals surface area contributed by atoms with Gasteiger partial charge in [0.2, 0.25) is 0 Å². The molecule has 1 atom stereocenters. The van der Waals surface area contributed by atoms with Crippen molar-refractivity contribution in [2.24, 2.45) is 0 Å². The first-order valence-corrected chi connectivity index (χ1v) is 32.8. The highest BCUT2D eigenvalue weighted by atomic mass is 16.6. The Bertz CT molecular complexity index is 1750. The van der Waals surface area contributed by atoms with Crippen LogP contribution in [0.15, 0.2) is 146 Å². The van der Waals surface area contributed by atoms with E-state index in [-0.39, 0.29) is 31.1 Å². The molecule has 6 nitrogen and oxygen atoms in total. The molecule has 80 heavy (non-hydrogen) atoms. The molecule has 0 aromatic heterocycles. The predicted molar refractivity (Wildman–Crippen MR) is 348 cm³/mol. The van der Waals surface area contributed by atoms with Crippen LogP contribution in [0.25, 0.3) is 0 Å². The molecule has 0 saturated carbocycles. The lowest BCUT2D eigenvalue weighted by Crippen LogP contribution is -2.30. The second-order valence-corrected chi connectivity index (χ2v) is 21.3. The first-order chi connectivity index (χ1) is 39.5. The molecular formula is C74H120O6. The van der Waals surface area contributed by atoms with Gasteiger partial charge in [0.15, 0.2) is 6.10 Å². The molecule has 0 aliphatic rings. The first-order valence-electron chi connectivity index (χ1n) is 32.8. The maximum atomic E-state index is 12.9. The molecule has 6 heteroatoms. The molecule has 0 heterocycles. The molecule has 0 amide bonds. The number of esters is 3. The first kappa shape index (κ1) is 75.3. The predicted octanol–water partition coefficient (Wildman–Crippen LogP) is 22.7. The van der Waals surface area contributed by atoms with E-state index in [1.165, 1.54) is 96.3 Å². The van der Waals surface area contributed by atoms with Gasteiger partial charge in [-0.3, -0.25) is 14.4 Å². The number of rotatable bonds is 58. The molecule has 0 fully saturated rings. The summed E-state index contributed by atoms with van der Waals surface area (Å²) in [6.45, 7) is 6.46. The highest BCUT2D eigenvalue weighted by Crippen LogP contribution is 2.14. The third kappa shape index (κ3) is 64.1. The number of carbonyl (C=O) groups is 3. The third-order valence-corrected chi connectivity index (χ3v) is 13.5. The van der Waals surface area contributed by atoms with Crippen LogP contribution >= 0.6 is 0 Å². The summed E-state index contributed by atoms with van der Waals surface area (Å²) in [6.07, 6.45) is 95.6. The Balaban J connectivity index is 4.49. The van der Waals surface area contributed by atoms with Crippen molar-refractivity contribution >= 4 is 17.9 Å². The van der Waals surface area contributed by atoms with Crippen LogP contribution in [0.3, 0.4) is 0 Å². The van der Waals surface area contributed by atoms with Crippen molar-refractivity contribution in [1.82, 2.24) is 0 Å². The summed E-state index contributed by atoms with van der Waals surface area (Å²) in [5, 5.41) is 0. The lowest BCUT2D eigenvalue weighted by Gasteiger charge is -2.18. The zero-order chi connectivity index (χ0) is 57.8. The second kappa shape index (κ2) is 66.8. The van der Waals surface area contributed by atoms with Gasteiger partial charge >= 0.3 is 17.9 Å². The van der Waals surface area contributed by atoms with E-state index in [9.17, 15) is 14.4 Å². The summed E-state index contributed by atoms with van der Waals surface area (Å²) in [7, 11) is 0. The lowest BCUT2D eigenvalue weighted by molar-refractivity contribution is -0.167. The normalized spacial score (nSPS) is 13.1. The summed E-state index contributed by atoms with van der Waals surface area (Å²) < 4.78 is 16.9. The molecule has 0 N–H and O–H groups in total. The van der Waals surface area contributed by atoms with E-state index in [2.05, 4.69) is 167 Å². The molecule has 0 aromatic rings. The molecule has 0 aliphatic heterocycles. The Morgan fingerprint density at radius 2 is 0.487 bits per heavy atom. The van der Waals surface area contributed by atoms with Gasteiger partial charge < -0.3 is 14.2 Å². The summed E-state index contributed by atoms with van der Waals surface area (Å²) in [5.41, 5.74) is 0. The number of hydrogen-bond donors (Lipinski definition) is 0. The van der Waals surface area contributed by atoms with Crippen molar-refractivity contribution in [3.63, 3.8) is 0 Å². The van der Waals surface area contributed by atoms with E-state index in [4.69, 9.17) is 14.2 Å². The summed E-state index contributed by atoms with van der Waals surface area (Å²) in [5.74, 6) is -0.972. The minimum atomic E-state index is -0.814. The SMILES string of the molecule is CC/C=C\C/C=C\C/C=C\C/C=C\C/C=C\C/C=C\C/C=C\C/C=C\CCCCC(=O)OCC(COC(=O)CCCCCCC/C=C\CCCCCCC)OC(=O)CCCCCCCC/C=C\C/C=C\C/C=C\CCCCCCC. The zero-order valence-electron chi connectivity index (χ0n) is 51.8. The highest BCUT2D eigenvalue weighted by Gasteiger charge is 2.19. The van der Waals surface area contributed by atoms with Crippen molar-refractivity contribution < 1.29 is 28.6 Å². The van der Waals surface area contributed by atoms with E-state index in [0.29, 0.717) is 25.7 Å². The molecule has 0 rings (SSSR count). The lowest BCUT2D eigenvalue weighted by atomic mass is 10.1. The molecule has 0 spiro atoms. The number of allylic oxidation sites excluding steroid dienone is 24. The Labute approximate surface area is 493 Å². The number of hydrogen-bond acceptors (Lipinski definition) is 6. The van der Waals surface area contributed by atoms with Crippen LogP contribution < -0.4 is 0 Å². The minimum Gasteiger partial charge on any atom is -0.462 e. The zero-order valence-corrected chi connectivity index (χ0v) is 51.8. The molecule has 0 saturated heterocycles. The van der Waals surface area contributed by atoms with Crippen molar-refractivity contribution in [1.29, 1.82) is 0 Å². The molecule has 0 radical (unpaired) electrons. The Morgan fingerprint density at radius 1 is 0.263 bits per heavy atom. The highest BCUT2D eigenvalue weighted by molar-refractivity contribution is 5.71. The van der Waals surface area contributed by atoms with Crippen molar-refractivity contribution in [3.8, 4) is 0 Å². The van der Waals surface area contributed by atoms with Gasteiger partial charge in [-0.25, -0.2) is 0 Å². The quantitative estimate of drug-likeness (QED) is 0.0261. The van der Waals surface area contributed by atoms with Gasteiger partial charge in [-0.1, -0.05) is 263 Å². The van der Waals surface area contributed by atoms with Crippen LogP contribution in [-0.4, -0.2) is 37.2 Å². The topological polar surface area (TPSA) is 78.9 Å². The van der Waals surface area contributed by atoms with Gasteiger partial charge in [-0.2, -0.15) is 0 Å². The van der Waals surface area contributed by atoms with E-state index in [0.717, 1.165) is 141 Å². The van der Waals surface area contributed by atoms with Crippen LogP contribution in [0.2, 0.25) is 0 Å². The molecule has 0 aromatic carbocycles. The number of unbranched alkanes of at least 4 members (excludes halogenated alkanes) is 23. The second-order valence-electron chi connectivity index (χ2n) is 21.3. The van der Waals surface area contributed by atoms with Crippen LogP contribution in [0.4, 0.5) is 0 Å². The summed E-state index contributed by atoms with van der Waals surface area (Å²) in [6, 6.07) is 0. The molecular weight excluding hydrogens is 985 g/mol. The van der Waals surface area contributed by atoms with Crippen LogP contribution in [0, 0.1) is 0 Å². The number of carbonyl (C=O) groups excluding carboxylic acids is 3. The largest absolute Gasteiger partial charge is 0.462 e. The maximum absolute atomic E-state index is 12.9.